The van der Waals surface area contributed by atoms with Crippen LogP contribution in [-0.2, 0) is 19.4 Å². The summed E-state index contributed by atoms with van der Waals surface area (Å²) in [7, 11) is -1.57. The number of ether oxygens (including phenoxy) is 1. The van der Waals surface area contributed by atoms with E-state index in [1.54, 1.807) is 19.2 Å². The molecule has 1 fully saturated rings. The number of nitrogens with zero attached hydrogens (tertiary/aromatic N) is 2. The number of aromatic nitrogens is 1. The van der Waals surface area contributed by atoms with Crippen LogP contribution in [0.2, 0.25) is 0 Å². The summed E-state index contributed by atoms with van der Waals surface area (Å²) in [6.45, 7) is -0.448. The van der Waals surface area contributed by atoms with Crippen LogP contribution in [0.15, 0.2) is 47.8 Å². The molecule has 3 heterocycles. The van der Waals surface area contributed by atoms with E-state index in [9.17, 15) is 18.0 Å². The summed E-state index contributed by atoms with van der Waals surface area (Å²) in [6, 6.07) is 12.4. The number of amides is 1. The van der Waals surface area contributed by atoms with Crippen molar-refractivity contribution in [2.45, 2.75) is 12.5 Å². The molecular formula is C21H20N2O5S2. The Bertz CT molecular complexity index is 1210. The van der Waals surface area contributed by atoms with Crippen LogP contribution in [0.4, 0.5) is 0 Å². The Morgan fingerprint density at radius 1 is 1.23 bits per heavy atom. The van der Waals surface area contributed by atoms with Gasteiger partial charge in [0.25, 0.3) is 5.91 Å². The van der Waals surface area contributed by atoms with Crippen LogP contribution in [0, 0.1) is 0 Å². The van der Waals surface area contributed by atoms with Gasteiger partial charge in [-0.2, -0.15) is 0 Å². The summed E-state index contributed by atoms with van der Waals surface area (Å²) < 4.78 is 28.6. The standard InChI is InChI=1S/C21H20N2O5S2/c1-23(14-8-10-30(26,27)13-14)20(24)12-28-21(25)16-11-18(19-7-4-9-29-19)22-17-6-3-2-5-15(16)17/h2-7,9,11,14H,8,10,12-13H2,1H3/t14-/m1/s1. The quantitative estimate of drug-likeness (QED) is 0.562. The van der Waals surface area contributed by atoms with Crippen LogP contribution in [0.3, 0.4) is 0 Å². The number of thiophene rings is 1. The number of para-hydroxylation sites is 1. The van der Waals surface area contributed by atoms with Crippen LogP contribution in [-0.4, -0.2) is 61.4 Å². The van der Waals surface area contributed by atoms with Crippen LogP contribution in [0.1, 0.15) is 16.8 Å². The third-order valence-electron chi connectivity index (χ3n) is 5.19. The lowest BCUT2D eigenvalue weighted by Crippen LogP contribution is -2.40. The Hall–Kier alpha value is -2.78. The third-order valence-corrected chi connectivity index (χ3v) is 7.83. The molecule has 1 amide bonds. The predicted molar refractivity (Wildman–Crippen MR) is 115 cm³/mol. The van der Waals surface area contributed by atoms with Gasteiger partial charge >= 0.3 is 5.97 Å². The van der Waals surface area contributed by atoms with Crippen molar-refractivity contribution in [1.82, 2.24) is 9.88 Å². The Morgan fingerprint density at radius 2 is 2.03 bits per heavy atom. The highest BCUT2D eigenvalue weighted by Gasteiger charge is 2.33. The van der Waals surface area contributed by atoms with Gasteiger partial charge in [-0.25, -0.2) is 18.2 Å². The molecule has 0 N–H and O–H groups in total. The second kappa shape index (κ2) is 8.16. The van der Waals surface area contributed by atoms with Gasteiger partial charge in [-0.05, 0) is 30.0 Å². The smallest absolute Gasteiger partial charge is 0.339 e. The van der Waals surface area contributed by atoms with Gasteiger partial charge in [-0.15, -0.1) is 11.3 Å². The Labute approximate surface area is 178 Å². The first-order valence-corrected chi connectivity index (χ1v) is 12.1. The molecule has 156 valence electrons. The number of hydrogen-bond donors (Lipinski definition) is 0. The lowest BCUT2D eigenvalue weighted by atomic mass is 10.1. The molecule has 1 aromatic carbocycles. The maximum Gasteiger partial charge on any atom is 0.339 e. The number of hydrogen-bond acceptors (Lipinski definition) is 7. The van der Waals surface area contributed by atoms with Crippen molar-refractivity contribution in [2.75, 3.05) is 25.2 Å². The molecule has 0 unspecified atom stereocenters. The second-order valence-corrected chi connectivity index (χ2v) is 10.4. The van der Waals surface area contributed by atoms with Crippen LogP contribution >= 0.6 is 11.3 Å². The molecule has 30 heavy (non-hydrogen) atoms. The summed E-state index contributed by atoms with van der Waals surface area (Å²) in [5.41, 5.74) is 1.66. The first-order valence-electron chi connectivity index (χ1n) is 9.41. The van der Waals surface area contributed by atoms with Crippen molar-refractivity contribution in [3.05, 3.63) is 53.4 Å². The van der Waals surface area contributed by atoms with Gasteiger partial charge < -0.3 is 9.64 Å². The minimum Gasteiger partial charge on any atom is -0.452 e. The molecule has 7 nitrogen and oxygen atoms in total. The first-order chi connectivity index (χ1) is 14.3. The largest absolute Gasteiger partial charge is 0.452 e. The molecule has 1 saturated heterocycles. The number of esters is 1. The highest BCUT2D eigenvalue weighted by molar-refractivity contribution is 7.91. The zero-order chi connectivity index (χ0) is 21.3. The van der Waals surface area contributed by atoms with E-state index in [1.165, 1.54) is 16.2 Å². The van der Waals surface area contributed by atoms with E-state index < -0.39 is 28.3 Å². The number of fused-ring (bicyclic) bond motifs is 1. The van der Waals surface area contributed by atoms with Gasteiger partial charge in [0, 0.05) is 18.5 Å². The van der Waals surface area contributed by atoms with Gasteiger partial charge in [-0.1, -0.05) is 24.3 Å². The van der Waals surface area contributed by atoms with Gasteiger partial charge in [-0.3, -0.25) is 4.79 Å². The molecule has 3 aromatic rings. The van der Waals surface area contributed by atoms with E-state index in [0.29, 0.717) is 28.6 Å². The monoisotopic (exact) mass is 444 g/mol. The third kappa shape index (κ3) is 4.22. The number of likely N-dealkylation sites (N-methyl/N-ethyl adjacent to an activating group) is 1. The normalized spacial score (nSPS) is 17.7. The molecule has 1 aliphatic rings. The molecule has 1 aliphatic heterocycles. The fourth-order valence-electron chi connectivity index (χ4n) is 3.49. The summed E-state index contributed by atoms with van der Waals surface area (Å²) in [5, 5.41) is 2.58. The predicted octanol–water partition coefficient (Wildman–Crippen LogP) is 2.77. The average Bonchev–Trinajstić information content (AvgIpc) is 3.40. The van der Waals surface area contributed by atoms with Crippen LogP contribution < -0.4 is 0 Å². The zero-order valence-corrected chi connectivity index (χ0v) is 17.9. The van der Waals surface area contributed by atoms with Crippen molar-refractivity contribution < 1.29 is 22.7 Å². The molecule has 0 spiro atoms. The van der Waals surface area contributed by atoms with Crippen molar-refractivity contribution >= 4 is 44.0 Å². The summed E-state index contributed by atoms with van der Waals surface area (Å²) in [5.74, 6) is -1.03. The fourth-order valence-corrected chi connectivity index (χ4v) is 5.95. The summed E-state index contributed by atoms with van der Waals surface area (Å²) in [6.07, 6.45) is 0.400. The molecule has 1 atom stereocenters. The lowest BCUT2D eigenvalue weighted by molar-refractivity contribution is -0.134. The van der Waals surface area contributed by atoms with E-state index in [2.05, 4.69) is 4.98 Å². The fraction of sp³-hybridized carbons (Fsp3) is 0.286. The molecule has 2 aromatic heterocycles. The second-order valence-electron chi connectivity index (χ2n) is 7.19. The van der Waals surface area contributed by atoms with Crippen LogP contribution in [0.5, 0.6) is 0 Å². The SMILES string of the molecule is CN(C(=O)COC(=O)c1cc(-c2cccs2)nc2ccccc12)[C@@H]1CCS(=O)(=O)C1. The van der Waals surface area contributed by atoms with Crippen molar-refractivity contribution in [1.29, 1.82) is 0 Å². The molecule has 0 radical (unpaired) electrons. The molecule has 0 saturated carbocycles. The highest BCUT2D eigenvalue weighted by Crippen LogP contribution is 2.28. The van der Waals surface area contributed by atoms with Gasteiger partial charge in [0.05, 0.1) is 33.2 Å². The number of carbonyl (C=O) groups is 2. The molecule has 0 bridgehead atoms. The molecule has 0 aliphatic carbocycles. The molecular weight excluding hydrogens is 424 g/mol. The Kier molecular flexibility index (Phi) is 5.57. The Balaban J connectivity index is 1.52. The number of sulfone groups is 1. The lowest BCUT2D eigenvalue weighted by Gasteiger charge is -2.23. The summed E-state index contributed by atoms with van der Waals surface area (Å²) in [4.78, 5) is 32.2. The van der Waals surface area contributed by atoms with Crippen molar-refractivity contribution in [3.63, 3.8) is 0 Å². The van der Waals surface area contributed by atoms with Gasteiger partial charge in [0.2, 0.25) is 0 Å². The van der Waals surface area contributed by atoms with E-state index in [1.807, 2.05) is 35.7 Å². The van der Waals surface area contributed by atoms with Gasteiger partial charge in [0.1, 0.15) is 0 Å². The minimum absolute atomic E-state index is 0.0532. The topological polar surface area (TPSA) is 93.6 Å². The van der Waals surface area contributed by atoms with Crippen LogP contribution in [0.25, 0.3) is 21.5 Å². The average molecular weight is 445 g/mol. The van der Waals surface area contributed by atoms with Crippen molar-refractivity contribution in [2.24, 2.45) is 0 Å². The zero-order valence-electron chi connectivity index (χ0n) is 16.3. The number of benzene rings is 1. The number of rotatable bonds is 5. The Morgan fingerprint density at radius 3 is 2.73 bits per heavy atom. The minimum atomic E-state index is -3.11. The van der Waals surface area contributed by atoms with Gasteiger partial charge in [0.15, 0.2) is 16.4 Å². The van der Waals surface area contributed by atoms with E-state index in [4.69, 9.17) is 4.74 Å². The molecule has 9 heteroatoms. The maximum absolute atomic E-state index is 12.8. The first kappa shape index (κ1) is 20.5. The number of carbonyl (C=O) groups excluding carboxylic acids is 2. The van der Waals surface area contributed by atoms with E-state index in [-0.39, 0.29) is 17.5 Å². The highest BCUT2D eigenvalue weighted by atomic mass is 32.2. The van der Waals surface area contributed by atoms with E-state index >= 15 is 0 Å². The maximum atomic E-state index is 12.8. The summed E-state index contributed by atoms with van der Waals surface area (Å²) >= 11 is 1.52. The number of pyridine rings is 1. The van der Waals surface area contributed by atoms with E-state index in [0.717, 1.165) is 4.88 Å². The molecule has 4 rings (SSSR count). The van der Waals surface area contributed by atoms with Crippen molar-refractivity contribution in [3.8, 4) is 10.6 Å².